The maximum atomic E-state index is 4.10. The fraction of sp³-hybridized carbons (Fsp3) is 0.714. The zero-order valence-electron chi connectivity index (χ0n) is 9.65. The second-order valence-corrected chi connectivity index (χ2v) is 4.39. The van der Waals surface area contributed by atoms with Crippen molar-refractivity contribution in [2.24, 2.45) is 0 Å². The van der Waals surface area contributed by atoms with Gasteiger partial charge in [-0.15, -0.1) is 0 Å². The summed E-state index contributed by atoms with van der Waals surface area (Å²) in [6, 6.07) is 0. The number of unbranched alkanes of at least 4 members (excludes halogenated alkanes) is 5. The first-order chi connectivity index (χ1) is 6.84. The standard InChI is InChI=1S/C14H24/c1-3-4-5-6-7-8-11-14-12-9-10-13(14)2/h11H,2-10,12H2,1H3/b14-11-. The van der Waals surface area contributed by atoms with Crippen molar-refractivity contribution < 1.29 is 0 Å². The zero-order valence-corrected chi connectivity index (χ0v) is 9.65. The summed E-state index contributed by atoms with van der Waals surface area (Å²) < 4.78 is 0. The average Bonchev–Trinajstić information content (AvgIpc) is 2.58. The molecule has 0 radical (unpaired) electrons. The monoisotopic (exact) mass is 192 g/mol. The summed E-state index contributed by atoms with van der Waals surface area (Å²) in [7, 11) is 0. The Labute approximate surface area is 89.1 Å². The summed E-state index contributed by atoms with van der Waals surface area (Å²) in [6.45, 7) is 6.36. The third-order valence-electron chi connectivity index (χ3n) is 3.08. The van der Waals surface area contributed by atoms with Gasteiger partial charge in [-0.05, 0) is 37.7 Å². The van der Waals surface area contributed by atoms with Crippen LogP contribution in [-0.4, -0.2) is 0 Å². The van der Waals surface area contributed by atoms with Crippen molar-refractivity contribution in [2.45, 2.75) is 64.7 Å². The fourth-order valence-electron chi connectivity index (χ4n) is 2.10. The van der Waals surface area contributed by atoms with E-state index < -0.39 is 0 Å². The molecule has 0 heteroatoms. The minimum atomic E-state index is 1.24. The smallest absolute Gasteiger partial charge is 0.0276 e. The Kier molecular flexibility index (Phi) is 5.66. The van der Waals surface area contributed by atoms with E-state index in [2.05, 4.69) is 19.6 Å². The molecule has 0 saturated heterocycles. The van der Waals surface area contributed by atoms with Crippen molar-refractivity contribution in [3.63, 3.8) is 0 Å². The highest BCUT2D eigenvalue weighted by Crippen LogP contribution is 2.29. The van der Waals surface area contributed by atoms with Gasteiger partial charge in [0.05, 0.1) is 0 Å². The van der Waals surface area contributed by atoms with Gasteiger partial charge in [0.1, 0.15) is 0 Å². The van der Waals surface area contributed by atoms with Gasteiger partial charge in [0.15, 0.2) is 0 Å². The molecule has 0 aromatic heterocycles. The van der Waals surface area contributed by atoms with Gasteiger partial charge < -0.3 is 0 Å². The van der Waals surface area contributed by atoms with Crippen LogP contribution in [0.2, 0.25) is 0 Å². The van der Waals surface area contributed by atoms with Crippen LogP contribution < -0.4 is 0 Å². The molecule has 0 nitrogen and oxygen atoms in total. The van der Waals surface area contributed by atoms with Crippen LogP contribution in [0.5, 0.6) is 0 Å². The van der Waals surface area contributed by atoms with Crippen molar-refractivity contribution in [1.29, 1.82) is 0 Å². The number of hydrogen-bond donors (Lipinski definition) is 0. The lowest BCUT2D eigenvalue weighted by molar-refractivity contribution is 0.636. The normalized spacial score (nSPS) is 19.5. The van der Waals surface area contributed by atoms with Crippen molar-refractivity contribution in [3.05, 3.63) is 23.8 Å². The molecule has 80 valence electrons. The average molecular weight is 192 g/mol. The van der Waals surface area contributed by atoms with Gasteiger partial charge in [0, 0.05) is 0 Å². The highest BCUT2D eigenvalue weighted by Gasteiger charge is 2.09. The van der Waals surface area contributed by atoms with Crippen LogP contribution in [0.3, 0.4) is 0 Å². The molecule has 14 heavy (non-hydrogen) atoms. The molecule has 1 fully saturated rings. The number of rotatable bonds is 6. The summed E-state index contributed by atoms with van der Waals surface area (Å²) in [5, 5.41) is 0. The first kappa shape index (κ1) is 11.6. The predicted octanol–water partition coefficient (Wildman–Crippen LogP) is 5.01. The first-order valence-corrected chi connectivity index (χ1v) is 6.21. The third kappa shape index (κ3) is 4.13. The second kappa shape index (κ2) is 6.86. The number of allylic oxidation sites excluding steroid dienone is 3. The molecule has 1 aliphatic rings. The molecule has 0 aromatic carbocycles. The number of hydrogen-bond acceptors (Lipinski definition) is 0. The molecule has 0 aromatic rings. The second-order valence-electron chi connectivity index (χ2n) is 4.39. The van der Waals surface area contributed by atoms with E-state index in [-0.39, 0.29) is 0 Å². The Morgan fingerprint density at radius 1 is 1.14 bits per heavy atom. The van der Waals surface area contributed by atoms with Gasteiger partial charge in [-0.1, -0.05) is 50.8 Å². The Morgan fingerprint density at radius 3 is 2.57 bits per heavy atom. The lowest BCUT2D eigenvalue weighted by atomic mass is 10.1. The Balaban J connectivity index is 2.05. The Morgan fingerprint density at radius 2 is 1.93 bits per heavy atom. The molecule has 0 aliphatic heterocycles. The van der Waals surface area contributed by atoms with Gasteiger partial charge in [0.25, 0.3) is 0 Å². The van der Waals surface area contributed by atoms with E-state index in [9.17, 15) is 0 Å². The van der Waals surface area contributed by atoms with Crippen LogP contribution in [-0.2, 0) is 0 Å². The van der Waals surface area contributed by atoms with Gasteiger partial charge in [-0.3, -0.25) is 0 Å². The van der Waals surface area contributed by atoms with Gasteiger partial charge in [-0.25, -0.2) is 0 Å². The highest BCUT2D eigenvalue weighted by molar-refractivity contribution is 5.31. The van der Waals surface area contributed by atoms with Crippen LogP contribution in [0.4, 0.5) is 0 Å². The maximum absolute atomic E-state index is 4.10. The molecule has 0 unspecified atom stereocenters. The van der Waals surface area contributed by atoms with E-state index in [4.69, 9.17) is 0 Å². The molecular weight excluding hydrogens is 168 g/mol. The predicted molar refractivity (Wildman–Crippen MR) is 64.5 cm³/mol. The van der Waals surface area contributed by atoms with Crippen molar-refractivity contribution in [2.75, 3.05) is 0 Å². The van der Waals surface area contributed by atoms with E-state index in [1.807, 2.05) is 0 Å². The zero-order chi connectivity index (χ0) is 10.2. The molecule has 0 heterocycles. The van der Waals surface area contributed by atoms with E-state index in [1.54, 1.807) is 5.57 Å². The fourth-order valence-corrected chi connectivity index (χ4v) is 2.10. The summed E-state index contributed by atoms with van der Waals surface area (Å²) in [4.78, 5) is 0. The van der Waals surface area contributed by atoms with Crippen molar-refractivity contribution in [3.8, 4) is 0 Å². The summed E-state index contributed by atoms with van der Waals surface area (Å²) in [6.07, 6.45) is 14.5. The molecule has 0 atom stereocenters. The summed E-state index contributed by atoms with van der Waals surface area (Å²) >= 11 is 0. The lowest BCUT2D eigenvalue weighted by Gasteiger charge is -1.99. The lowest BCUT2D eigenvalue weighted by Crippen LogP contribution is -1.79. The molecule has 1 rings (SSSR count). The Bertz CT molecular complexity index is 198. The largest absolute Gasteiger partial charge is 0.0956 e. The van der Waals surface area contributed by atoms with Gasteiger partial charge in [0.2, 0.25) is 0 Å². The minimum Gasteiger partial charge on any atom is -0.0956 e. The maximum Gasteiger partial charge on any atom is -0.0276 e. The van der Waals surface area contributed by atoms with Crippen molar-refractivity contribution in [1.82, 2.24) is 0 Å². The molecule has 0 spiro atoms. The highest BCUT2D eigenvalue weighted by atomic mass is 14.1. The molecule has 0 N–H and O–H groups in total. The Hall–Kier alpha value is -0.520. The van der Waals surface area contributed by atoms with E-state index in [0.717, 1.165) is 0 Å². The van der Waals surface area contributed by atoms with Gasteiger partial charge in [-0.2, -0.15) is 0 Å². The third-order valence-corrected chi connectivity index (χ3v) is 3.08. The summed E-state index contributed by atoms with van der Waals surface area (Å²) in [5.74, 6) is 0. The van der Waals surface area contributed by atoms with E-state index in [1.165, 1.54) is 63.4 Å². The van der Waals surface area contributed by atoms with Crippen LogP contribution in [0.25, 0.3) is 0 Å². The SMILES string of the molecule is C=C1CCC/C1=C/CCCCCCC. The van der Waals surface area contributed by atoms with Crippen LogP contribution >= 0.6 is 0 Å². The topological polar surface area (TPSA) is 0 Å². The molecule has 0 amide bonds. The van der Waals surface area contributed by atoms with Gasteiger partial charge >= 0.3 is 0 Å². The summed E-state index contributed by atoms with van der Waals surface area (Å²) in [5.41, 5.74) is 2.96. The molecule has 1 saturated carbocycles. The minimum absolute atomic E-state index is 1.24. The van der Waals surface area contributed by atoms with Crippen LogP contribution in [0.1, 0.15) is 64.7 Å². The molecule has 1 aliphatic carbocycles. The molecular formula is C14H24. The van der Waals surface area contributed by atoms with Crippen LogP contribution in [0, 0.1) is 0 Å². The van der Waals surface area contributed by atoms with E-state index in [0.29, 0.717) is 0 Å². The quantitative estimate of drug-likeness (QED) is 0.519. The van der Waals surface area contributed by atoms with Crippen LogP contribution in [0.15, 0.2) is 23.8 Å². The first-order valence-electron chi connectivity index (χ1n) is 6.21. The van der Waals surface area contributed by atoms with Crippen molar-refractivity contribution >= 4 is 0 Å². The molecule has 0 bridgehead atoms. The van der Waals surface area contributed by atoms with E-state index >= 15 is 0 Å².